The molecule has 136 valence electrons. The molecule has 1 heterocycles. The predicted octanol–water partition coefficient (Wildman–Crippen LogP) is 4.87. The molecule has 0 spiro atoms. The minimum absolute atomic E-state index is 0.106. The van der Waals surface area contributed by atoms with Crippen molar-refractivity contribution < 1.29 is 9.53 Å². The minimum Gasteiger partial charge on any atom is -0.491 e. The third-order valence-corrected chi connectivity index (χ3v) is 5.42. The molecule has 3 rings (SSSR count). The number of aryl methyl sites for hydroxylation is 3. The number of amides is 1. The van der Waals surface area contributed by atoms with E-state index in [1.54, 1.807) is 23.5 Å². The molecule has 0 aliphatic rings. The highest BCUT2D eigenvalue weighted by atomic mass is 32.1. The second-order valence-corrected chi connectivity index (χ2v) is 7.59. The highest BCUT2D eigenvalue weighted by Crippen LogP contribution is 2.25. The maximum atomic E-state index is 12.6. The van der Waals surface area contributed by atoms with Gasteiger partial charge in [-0.1, -0.05) is 23.5 Å². The Bertz CT molecular complexity index is 1010. The van der Waals surface area contributed by atoms with Crippen LogP contribution < -0.4 is 9.54 Å². The summed E-state index contributed by atoms with van der Waals surface area (Å²) in [6.45, 7) is 11.0. The molecule has 1 amide bonds. The summed E-state index contributed by atoms with van der Waals surface area (Å²) in [5, 5.41) is 0. The molecule has 0 unspecified atom stereocenters. The maximum absolute atomic E-state index is 12.6. The molecule has 0 radical (unpaired) electrons. The molecule has 5 heteroatoms. The SMILES string of the molecule is CCn1c(=NC(=O)c2ccc(OC(C)C)cc2)sc2c(C)ccc(C)c21. The summed E-state index contributed by atoms with van der Waals surface area (Å²) in [6.07, 6.45) is 0.106. The smallest absolute Gasteiger partial charge is 0.279 e. The van der Waals surface area contributed by atoms with Gasteiger partial charge in [-0.25, -0.2) is 0 Å². The largest absolute Gasteiger partial charge is 0.491 e. The van der Waals surface area contributed by atoms with Crippen LogP contribution in [0.4, 0.5) is 0 Å². The van der Waals surface area contributed by atoms with E-state index in [-0.39, 0.29) is 12.0 Å². The Labute approximate surface area is 157 Å². The zero-order chi connectivity index (χ0) is 18.8. The quantitative estimate of drug-likeness (QED) is 0.659. The fraction of sp³-hybridized carbons (Fsp3) is 0.333. The fourth-order valence-corrected chi connectivity index (χ4v) is 4.19. The lowest BCUT2D eigenvalue weighted by atomic mass is 10.1. The van der Waals surface area contributed by atoms with Crippen LogP contribution >= 0.6 is 11.3 Å². The van der Waals surface area contributed by atoms with Crippen LogP contribution in [0.25, 0.3) is 10.2 Å². The number of hydrogen-bond acceptors (Lipinski definition) is 3. The first-order valence-electron chi connectivity index (χ1n) is 8.86. The van der Waals surface area contributed by atoms with E-state index in [9.17, 15) is 4.79 Å². The van der Waals surface area contributed by atoms with Crippen LogP contribution in [0.1, 0.15) is 42.3 Å². The Morgan fingerprint density at radius 3 is 2.38 bits per heavy atom. The Kier molecular flexibility index (Phi) is 5.28. The lowest BCUT2D eigenvalue weighted by molar-refractivity contribution is 0.0998. The van der Waals surface area contributed by atoms with Crippen molar-refractivity contribution >= 4 is 27.5 Å². The minimum atomic E-state index is -0.231. The molecular weight excluding hydrogens is 344 g/mol. The van der Waals surface area contributed by atoms with E-state index >= 15 is 0 Å². The van der Waals surface area contributed by atoms with E-state index in [4.69, 9.17) is 4.74 Å². The van der Waals surface area contributed by atoms with Gasteiger partial charge in [0.05, 0.1) is 16.3 Å². The summed E-state index contributed by atoms with van der Waals surface area (Å²) in [5.41, 5.74) is 4.15. The molecule has 0 bridgehead atoms. The van der Waals surface area contributed by atoms with Gasteiger partial charge in [-0.3, -0.25) is 4.79 Å². The van der Waals surface area contributed by atoms with Crippen LogP contribution in [0.5, 0.6) is 5.75 Å². The Hall–Kier alpha value is -2.40. The van der Waals surface area contributed by atoms with E-state index in [1.807, 2.05) is 26.0 Å². The van der Waals surface area contributed by atoms with Gasteiger partial charge in [0.25, 0.3) is 5.91 Å². The molecule has 0 aliphatic heterocycles. The standard InChI is InChI=1S/C21H24N2O2S/c1-6-23-18-14(4)7-8-15(5)19(18)26-21(23)22-20(24)16-9-11-17(12-10-16)25-13(2)3/h7-13H,6H2,1-5H3. The molecule has 0 aliphatic carbocycles. The van der Waals surface area contributed by atoms with Gasteiger partial charge in [0.2, 0.25) is 0 Å². The summed E-state index contributed by atoms with van der Waals surface area (Å²) >= 11 is 1.57. The highest BCUT2D eigenvalue weighted by molar-refractivity contribution is 7.16. The van der Waals surface area contributed by atoms with Gasteiger partial charge in [0, 0.05) is 12.1 Å². The van der Waals surface area contributed by atoms with Gasteiger partial charge in [0.1, 0.15) is 5.75 Å². The van der Waals surface area contributed by atoms with Gasteiger partial charge in [0.15, 0.2) is 4.80 Å². The van der Waals surface area contributed by atoms with E-state index in [1.165, 1.54) is 21.3 Å². The van der Waals surface area contributed by atoms with Crippen molar-refractivity contribution in [3.63, 3.8) is 0 Å². The first-order chi connectivity index (χ1) is 12.4. The van der Waals surface area contributed by atoms with E-state index in [2.05, 4.69) is 42.5 Å². The number of thiazole rings is 1. The molecule has 2 aromatic carbocycles. The van der Waals surface area contributed by atoms with Crippen molar-refractivity contribution in [2.75, 3.05) is 0 Å². The molecule has 4 nitrogen and oxygen atoms in total. The van der Waals surface area contributed by atoms with Crippen molar-refractivity contribution in [3.8, 4) is 5.75 Å². The van der Waals surface area contributed by atoms with Gasteiger partial charge < -0.3 is 9.30 Å². The summed E-state index contributed by atoms with van der Waals surface area (Å²) in [4.78, 5) is 17.8. The summed E-state index contributed by atoms with van der Waals surface area (Å²) in [6, 6.07) is 11.4. The molecule has 0 atom stereocenters. The van der Waals surface area contributed by atoms with Crippen LogP contribution in [0.2, 0.25) is 0 Å². The van der Waals surface area contributed by atoms with Gasteiger partial charge in [-0.2, -0.15) is 4.99 Å². The number of benzene rings is 2. The average molecular weight is 369 g/mol. The van der Waals surface area contributed by atoms with Crippen LogP contribution in [0.15, 0.2) is 41.4 Å². The third-order valence-electron chi connectivity index (χ3n) is 4.21. The van der Waals surface area contributed by atoms with Crippen molar-refractivity contribution in [1.29, 1.82) is 0 Å². The Morgan fingerprint density at radius 1 is 1.12 bits per heavy atom. The molecule has 0 N–H and O–H groups in total. The average Bonchev–Trinajstić information content (AvgIpc) is 2.97. The second kappa shape index (κ2) is 7.46. The van der Waals surface area contributed by atoms with Crippen LogP contribution in [0, 0.1) is 13.8 Å². The lowest BCUT2D eigenvalue weighted by Gasteiger charge is -2.09. The van der Waals surface area contributed by atoms with Gasteiger partial charge in [-0.05, 0) is 70.0 Å². The molecule has 0 fully saturated rings. The molecule has 26 heavy (non-hydrogen) atoms. The number of aromatic nitrogens is 1. The van der Waals surface area contributed by atoms with Crippen LogP contribution in [-0.4, -0.2) is 16.6 Å². The topological polar surface area (TPSA) is 43.6 Å². The van der Waals surface area contributed by atoms with Crippen molar-refractivity contribution in [3.05, 3.63) is 57.9 Å². The molecule has 0 saturated carbocycles. The van der Waals surface area contributed by atoms with E-state index in [0.717, 1.165) is 17.1 Å². The molecule has 3 aromatic rings. The van der Waals surface area contributed by atoms with E-state index < -0.39 is 0 Å². The normalized spacial score (nSPS) is 12.2. The maximum Gasteiger partial charge on any atom is 0.279 e. The monoisotopic (exact) mass is 368 g/mol. The predicted molar refractivity (Wildman–Crippen MR) is 107 cm³/mol. The molecule has 0 saturated heterocycles. The number of ether oxygens (including phenoxy) is 1. The Morgan fingerprint density at radius 2 is 1.77 bits per heavy atom. The number of hydrogen-bond donors (Lipinski definition) is 0. The van der Waals surface area contributed by atoms with Crippen molar-refractivity contribution in [2.24, 2.45) is 4.99 Å². The first kappa shape index (κ1) is 18.4. The van der Waals surface area contributed by atoms with Crippen LogP contribution in [0.3, 0.4) is 0 Å². The number of rotatable bonds is 4. The zero-order valence-corrected chi connectivity index (χ0v) is 16.7. The second-order valence-electron chi connectivity index (χ2n) is 6.61. The summed E-state index contributed by atoms with van der Waals surface area (Å²) < 4.78 is 8.94. The number of nitrogens with zero attached hydrogens (tertiary/aromatic N) is 2. The summed E-state index contributed by atoms with van der Waals surface area (Å²) in [7, 11) is 0. The Balaban J connectivity index is 2.03. The number of carbonyl (C=O) groups excluding carboxylic acids is 1. The lowest BCUT2D eigenvalue weighted by Crippen LogP contribution is -2.16. The van der Waals surface area contributed by atoms with Gasteiger partial charge in [-0.15, -0.1) is 0 Å². The number of fused-ring (bicyclic) bond motifs is 1. The first-order valence-corrected chi connectivity index (χ1v) is 9.67. The summed E-state index contributed by atoms with van der Waals surface area (Å²) in [5.74, 6) is 0.526. The van der Waals surface area contributed by atoms with Gasteiger partial charge >= 0.3 is 0 Å². The molecular formula is C21H24N2O2S. The number of carbonyl (C=O) groups is 1. The van der Waals surface area contributed by atoms with Crippen molar-refractivity contribution in [1.82, 2.24) is 4.57 Å². The highest BCUT2D eigenvalue weighted by Gasteiger charge is 2.12. The van der Waals surface area contributed by atoms with Crippen molar-refractivity contribution in [2.45, 2.75) is 47.3 Å². The fourth-order valence-electron chi connectivity index (χ4n) is 2.95. The van der Waals surface area contributed by atoms with E-state index in [0.29, 0.717) is 5.56 Å². The van der Waals surface area contributed by atoms with Crippen LogP contribution in [-0.2, 0) is 6.54 Å². The zero-order valence-electron chi connectivity index (χ0n) is 15.9. The third kappa shape index (κ3) is 3.58. The molecule has 1 aromatic heterocycles.